The van der Waals surface area contributed by atoms with Crippen molar-refractivity contribution in [3.63, 3.8) is 0 Å². The van der Waals surface area contributed by atoms with Gasteiger partial charge in [-0.15, -0.1) is 0 Å². The van der Waals surface area contributed by atoms with Crippen LogP contribution in [-0.2, 0) is 7.05 Å². The molecule has 0 radical (unpaired) electrons. The Balaban J connectivity index is 0.00000147. The van der Waals surface area contributed by atoms with Gasteiger partial charge in [-0.05, 0) is 12.5 Å². The van der Waals surface area contributed by atoms with Crippen LogP contribution in [0, 0.1) is 0 Å². The summed E-state index contributed by atoms with van der Waals surface area (Å²) in [5.41, 5.74) is 5.07. The lowest BCUT2D eigenvalue weighted by Crippen LogP contribution is -3.00. The number of halogens is 1. The second-order valence-electron chi connectivity index (χ2n) is 4.46. The number of hydrazone groups is 1. The fourth-order valence-electron chi connectivity index (χ4n) is 2.09. The molecule has 2 aromatic heterocycles. The van der Waals surface area contributed by atoms with Gasteiger partial charge < -0.3 is 22.3 Å². The van der Waals surface area contributed by atoms with Crippen molar-refractivity contribution < 1.29 is 21.4 Å². The van der Waals surface area contributed by atoms with E-state index in [-0.39, 0.29) is 17.0 Å². The van der Waals surface area contributed by atoms with Gasteiger partial charge >= 0.3 is 0 Å². The molecule has 0 atom stereocenters. The number of aryl methyl sites for hydroxylation is 1. The van der Waals surface area contributed by atoms with Gasteiger partial charge in [-0.3, -0.25) is 4.99 Å². The summed E-state index contributed by atoms with van der Waals surface area (Å²) in [7, 11) is 2.02. The zero-order chi connectivity index (χ0) is 13.1. The Bertz CT molecular complexity index is 645. The van der Waals surface area contributed by atoms with E-state index in [2.05, 4.69) is 35.9 Å². The molecular weight excluding hydrogens is 320 g/mol. The number of pyridine rings is 1. The Hall–Kier alpha value is -1.89. The Morgan fingerprint density at radius 1 is 1.50 bits per heavy atom. The zero-order valence-corrected chi connectivity index (χ0v) is 12.8. The summed E-state index contributed by atoms with van der Waals surface area (Å²) in [6.07, 6.45) is 6.93. The summed E-state index contributed by atoms with van der Waals surface area (Å²) in [5, 5.41) is 7.38. The van der Waals surface area contributed by atoms with E-state index < -0.39 is 0 Å². The van der Waals surface area contributed by atoms with Gasteiger partial charge in [0.15, 0.2) is 5.69 Å². The van der Waals surface area contributed by atoms with Gasteiger partial charge in [0.25, 0.3) is 5.65 Å². The zero-order valence-electron chi connectivity index (χ0n) is 11.3. The van der Waals surface area contributed by atoms with Crippen LogP contribution in [0.4, 0.5) is 0 Å². The largest absolute Gasteiger partial charge is 1.00 e. The monoisotopic (exact) mass is 336 g/mol. The SMILES string of the molecule is Cn1c(/C=N/NC2=NCCCN2)c[n+]2ccccc12.[Br-]. The maximum atomic E-state index is 4.29. The fraction of sp³-hybridized carbons (Fsp3) is 0.308. The highest BCUT2D eigenvalue weighted by atomic mass is 79.9. The van der Waals surface area contributed by atoms with E-state index in [1.54, 1.807) is 6.21 Å². The predicted octanol–water partition coefficient (Wildman–Crippen LogP) is -2.96. The van der Waals surface area contributed by atoms with Crippen molar-refractivity contribution in [2.45, 2.75) is 6.42 Å². The molecule has 0 unspecified atom stereocenters. The molecule has 20 heavy (non-hydrogen) atoms. The van der Waals surface area contributed by atoms with Crippen LogP contribution < -0.4 is 32.1 Å². The maximum Gasteiger partial charge on any atom is 0.286 e. The molecule has 0 saturated heterocycles. The summed E-state index contributed by atoms with van der Waals surface area (Å²) >= 11 is 0. The van der Waals surface area contributed by atoms with Crippen molar-refractivity contribution in [3.8, 4) is 0 Å². The number of nitrogens with zero attached hydrogens (tertiary/aromatic N) is 4. The lowest BCUT2D eigenvalue weighted by molar-refractivity contribution is -0.510. The second-order valence-corrected chi connectivity index (χ2v) is 4.46. The molecule has 0 bridgehead atoms. The van der Waals surface area contributed by atoms with Crippen LogP contribution in [0.5, 0.6) is 0 Å². The first kappa shape index (κ1) is 14.5. The molecule has 0 saturated carbocycles. The normalized spacial score (nSPS) is 14.8. The molecule has 2 aromatic rings. The molecular formula is C13H17BrN6. The number of rotatable bonds is 2. The first-order chi connectivity index (χ1) is 9.34. The lowest BCUT2D eigenvalue weighted by Gasteiger charge is -2.12. The van der Waals surface area contributed by atoms with Gasteiger partial charge in [0.1, 0.15) is 6.20 Å². The molecule has 0 aliphatic carbocycles. The minimum atomic E-state index is 0. The average Bonchev–Trinajstić information content (AvgIpc) is 2.78. The van der Waals surface area contributed by atoms with E-state index in [1.807, 2.05) is 31.6 Å². The van der Waals surface area contributed by atoms with E-state index in [1.165, 1.54) is 0 Å². The highest BCUT2D eigenvalue weighted by Gasteiger charge is 2.11. The summed E-state index contributed by atoms with van der Waals surface area (Å²) in [5.74, 6) is 0.744. The number of aliphatic imine (C=N–C) groups is 1. The fourth-order valence-corrected chi connectivity index (χ4v) is 2.09. The smallest absolute Gasteiger partial charge is 0.286 e. The molecule has 7 heteroatoms. The molecule has 1 aliphatic heterocycles. The highest BCUT2D eigenvalue weighted by molar-refractivity contribution is 5.83. The summed E-state index contributed by atoms with van der Waals surface area (Å²) < 4.78 is 4.15. The third kappa shape index (κ3) is 2.98. The molecule has 0 amide bonds. The van der Waals surface area contributed by atoms with Crippen LogP contribution in [0.15, 0.2) is 40.7 Å². The molecule has 1 aliphatic rings. The van der Waals surface area contributed by atoms with Crippen LogP contribution in [0.2, 0.25) is 0 Å². The number of hydrogen-bond donors (Lipinski definition) is 2. The minimum Gasteiger partial charge on any atom is -1.00 e. The summed E-state index contributed by atoms with van der Waals surface area (Å²) in [6.45, 7) is 1.81. The number of aromatic nitrogens is 2. The molecule has 0 fully saturated rings. The van der Waals surface area contributed by atoms with E-state index >= 15 is 0 Å². The molecule has 6 nitrogen and oxygen atoms in total. The van der Waals surface area contributed by atoms with Gasteiger partial charge in [-0.25, -0.2) is 14.4 Å². The first-order valence-electron chi connectivity index (χ1n) is 6.38. The van der Waals surface area contributed by atoms with E-state index in [4.69, 9.17) is 0 Å². The van der Waals surface area contributed by atoms with E-state index in [0.717, 1.165) is 36.8 Å². The Kier molecular flexibility index (Phi) is 4.73. The van der Waals surface area contributed by atoms with E-state index in [0.29, 0.717) is 0 Å². The van der Waals surface area contributed by atoms with Crippen molar-refractivity contribution in [2.24, 2.45) is 17.1 Å². The molecule has 3 rings (SSSR count). The van der Waals surface area contributed by atoms with Crippen LogP contribution in [-0.4, -0.2) is 29.8 Å². The van der Waals surface area contributed by atoms with Crippen LogP contribution >= 0.6 is 0 Å². The van der Waals surface area contributed by atoms with Crippen LogP contribution in [0.1, 0.15) is 12.1 Å². The highest BCUT2D eigenvalue weighted by Crippen LogP contribution is 2.00. The van der Waals surface area contributed by atoms with Gasteiger partial charge in [-0.2, -0.15) is 5.10 Å². The first-order valence-corrected chi connectivity index (χ1v) is 6.38. The third-order valence-corrected chi connectivity index (χ3v) is 3.13. The summed E-state index contributed by atoms with van der Waals surface area (Å²) in [4.78, 5) is 4.29. The van der Waals surface area contributed by atoms with Crippen LogP contribution in [0.3, 0.4) is 0 Å². The summed E-state index contributed by atoms with van der Waals surface area (Å²) in [6, 6.07) is 6.10. The maximum absolute atomic E-state index is 4.29. The minimum absolute atomic E-state index is 0. The predicted molar refractivity (Wildman–Crippen MR) is 74.2 cm³/mol. The quantitative estimate of drug-likeness (QED) is 0.350. The second kappa shape index (κ2) is 6.51. The standard InChI is InChI=1S/C13H17N6.BrH/c1-18-11(10-19-8-3-2-5-12(18)19)9-16-17-13-14-6-4-7-15-13;/h2-3,5,8-10H,4,6-7H2,1H3,(H2,14,15,17);1H/q+1;/p-1/b16-9+;. The lowest BCUT2D eigenvalue weighted by atomic mass is 10.4. The number of guanidine groups is 1. The number of nitrogens with one attached hydrogen (secondary N) is 2. The molecule has 0 spiro atoms. The molecule has 3 heterocycles. The van der Waals surface area contributed by atoms with Gasteiger partial charge in [-0.1, -0.05) is 6.07 Å². The van der Waals surface area contributed by atoms with Crippen molar-refractivity contribution in [2.75, 3.05) is 13.1 Å². The number of fused-ring (bicyclic) bond motifs is 1. The van der Waals surface area contributed by atoms with Crippen molar-refractivity contribution in [1.82, 2.24) is 15.3 Å². The Morgan fingerprint density at radius 2 is 2.40 bits per heavy atom. The third-order valence-electron chi connectivity index (χ3n) is 3.13. The molecule has 0 aromatic carbocycles. The Morgan fingerprint density at radius 3 is 3.15 bits per heavy atom. The van der Waals surface area contributed by atoms with Crippen molar-refractivity contribution in [3.05, 3.63) is 36.3 Å². The average molecular weight is 337 g/mol. The topological polar surface area (TPSA) is 57.8 Å². The molecule has 106 valence electrons. The van der Waals surface area contributed by atoms with Crippen molar-refractivity contribution in [1.29, 1.82) is 0 Å². The molecule has 2 N–H and O–H groups in total. The van der Waals surface area contributed by atoms with Gasteiger partial charge in [0, 0.05) is 19.2 Å². The van der Waals surface area contributed by atoms with Crippen LogP contribution in [0.25, 0.3) is 5.65 Å². The van der Waals surface area contributed by atoms with E-state index in [9.17, 15) is 0 Å². The number of hydrogen-bond acceptors (Lipinski definition) is 4. The van der Waals surface area contributed by atoms with Gasteiger partial charge in [0.2, 0.25) is 5.96 Å². The Labute approximate surface area is 128 Å². The number of imidazole rings is 1. The van der Waals surface area contributed by atoms with Gasteiger partial charge in [0.05, 0.1) is 19.5 Å². The van der Waals surface area contributed by atoms with Crippen molar-refractivity contribution >= 4 is 17.8 Å².